The molecule has 0 aromatic heterocycles. The Morgan fingerprint density at radius 3 is 1.00 bits per heavy atom. The Morgan fingerprint density at radius 1 is 0.769 bits per heavy atom. The minimum Gasteiger partial charge on any atom is -0.907 e. The van der Waals surface area contributed by atoms with Crippen molar-refractivity contribution in [2.45, 2.75) is 12.8 Å². The van der Waals surface area contributed by atoms with E-state index in [9.17, 15) is 0 Å². The maximum Gasteiger partial charge on any atom is 1.00 e. The molecule has 0 bridgehead atoms. The Labute approximate surface area is 145 Å². The van der Waals surface area contributed by atoms with Gasteiger partial charge < -0.3 is 25.3 Å². The topological polar surface area (TPSA) is 110 Å². The van der Waals surface area contributed by atoms with E-state index in [0.717, 1.165) is 12.8 Å². The minimum absolute atomic E-state index is 0. The summed E-state index contributed by atoms with van der Waals surface area (Å²) in [6.45, 7) is 0.390. The summed E-state index contributed by atoms with van der Waals surface area (Å²) in [6, 6.07) is 0. The van der Waals surface area contributed by atoms with Gasteiger partial charge in [-0.05, 0) is 12.8 Å². The summed E-state index contributed by atoms with van der Waals surface area (Å²) in [5, 5.41) is 41.4. The number of hydrogen-bond donors (Lipinski definition) is 2. The summed E-state index contributed by atoms with van der Waals surface area (Å²) in [7, 11) is -2.92. The van der Waals surface area contributed by atoms with Crippen LogP contribution in [-0.2, 0) is 0 Å². The molecule has 0 rings (SSSR count). The average molecular weight is 218 g/mol. The molecule has 0 aliphatic carbocycles. The average Bonchev–Trinajstić information content (AvgIpc) is 1.82. The summed E-state index contributed by atoms with van der Waals surface area (Å²) < 4.78 is 0. The first kappa shape index (κ1) is 29.7. The van der Waals surface area contributed by atoms with E-state index in [1.807, 2.05) is 0 Å². The fourth-order valence-corrected chi connectivity index (χ4v) is 0.224. The molecule has 0 amide bonds. The smallest absolute Gasteiger partial charge is 0.907 e. The Morgan fingerprint density at radius 2 is 0.923 bits per heavy atom. The molecular weight excluding hydrogens is 208 g/mol. The van der Waals surface area contributed by atoms with Gasteiger partial charge in [-0.1, -0.05) is 0 Å². The van der Waals surface area contributed by atoms with E-state index in [1.54, 1.807) is 0 Å². The van der Waals surface area contributed by atoms with Crippen molar-refractivity contribution in [1.29, 1.82) is 0 Å². The predicted octanol–water partition coefficient (Wildman–Crippen LogP) is -13.2. The van der Waals surface area contributed by atoms with Gasteiger partial charge in [-0.15, -0.1) is 0 Å². The monoisotopic (exact) mass is 218 g/mol. The zero-order valence-corrected chi connectivity index (χ0v) is 14.5. The van der Waals surface area contributed by atoms with Crippen LogP contribution in [-0.4, -0.2) is 30.7 Å². The number of aliphatic hydroxyl groups is 2. The van der Waals surface area contributed by atoms with Gasteiger partial charge >= 0.3 is 88.7 Å². The van der Waals surface area contributed by atoms with Crippen LogP contribution in [0.1, 0.15) is 12.8 Å². The van der Waals surface area contributed by atoms with Gasteiger partial charge in [0.25, 0.3) is 0 Å². The molecule has 0 heterocycles. The van der Waals surface area contributed by atoms with Crippen molar-refractivity contribution in [2.24, 2.45) is 0 Å². The van der Waals surface area contributed by atoms with Crippen molar-refractivity contribution < 1.29 is 114 Å². The molecule has 0 radical (unpaired) electrons. The summed E-state index contributed by atoms with van der Waals surface area (Å²) >= 11 is 0. The van der Waals surface area contributed by atoms with Crippen LogP contribution < -0.4 is 104 Å². The third-order valence-corrected chi connectivity index (χ3v) is 0.566. The van der Waals surface area contributed by atoms with Gasteiger partial charge in [0, 0.05) is 13.2 Å². The van der Waals surface area contributed by atoms with Crippen molar-refractivity contribution in [3.8, 4) is 0 Å². The maximum atomic E-state index is 8.42. The van der Waals surface area contributed by atoms with Crippen LogP contribution in [0.3, 0.4) is 0 Å². The molecular formula is C4H10BNa3O5. The molecule has 0 saturated heterocycles. The van der Waals surface area contributed by atoms with Crippen LogP contribution in [0.15, 0.2) is 0 Å². The molecule has 0 aliphatic rings. The molecule has 9 heteroatoms. The fraction of sp³-hybridized carbons (Fsp3) is 1.00. The van der Waals surface area contributed by atoms with Crippen molar-refractivity contribution in [3.63, 3.8) is 0 Å². The number of unbranched alkanes of at least 4 members (excludes halogenated alkanes) is 1. The quantitative estimate of drug-likeness (QED) is 0.361. The third-order valence-electron chi connectivity index (χ3n) is 0.566. The molecule has 0 saturated carbocycles. The Balaban J connectivity index is -0.0000000279. The Hall–Kier alpha value is 2.86. The second-order valence-corrected chi connectivity index (χ2v) is 1.44. The maximum absolute atomic E-state index is 8.42. The van der Waals surface area contributed by atoms with Crippen LogP contribution in [0.5, 0.6) is 0 Å². The molecule has 5 nitrogen and oxygen atoms in total. The van der Waals surface area contributed by atoms with Gasteiger partial charge in [0.15, 0.2) is 0 Å². The largest absolute Gasteiger partial charge is 1.00 e. The first-order chi connectivity index (χ1) is 4.65. The van der Waals surface area contributed by atoms with E-state index in [-0.39, 0.29) is 102 Å². The van der Waals surface area contributed by atoms with Crippen LogP contribution in [0.2, 0.25) is 0 Å². The first-order valence-corrected chi connectivity index (χ1v) is 2.84. The van der Waals surface area contributed by atoms with Crippen LogP contribution in [0.25, 0.3) is 0 Å². The molecule has 13 heavy (non-hydrogen) atoms. The summed E-state index contributed by atoms with van der Waals surface area (Å²) in [5.74, 6) is 0. The van der Waals surface area contributed by atoms with E-state index in [0.29, 0.717) is 0 Å². The van der Waals surface area contributed by atoms with Crippen molar-refractivity contribution in [1.82, 2.24) is 0 Å². The van der Waals surface area contributed by atoms with E-state index < -0.39 is 7.32 Å². The van der Waals surface area contributed by atoms with Gasteiger partial charge in [-0.3, -0.25) is 7.32 Å². The summed E-state index contributed by atoms with van der Waals surface area (Å²) in [4.78, 5) is 0. The molecule has 0 aliphatic heterocycles. The zero-order valence-electron chi connectivity index (χ0n) is 8.52. The Kier molecular flexibility index (Phi) is 67.1. The van der Waals surface area contributed by atoms with Crippen molar-refractivity contribution >= 4 is 7.32 Å². The van der Waals surface area contributed by atoms with E-state index in [1.165, 1.54) is 0 Å². The van der Waals surface area contributed by atoms with Crippen molar-refractivity contribution in [3.05, 3.63) is 0 Å². The van der Waals surface area contributed by atoms with Gasteiger partial charge in [-0.2, -0.15) is 0 Å². The fourth-order valence-electron chi connectivity index (χ4n) is 0.224. The molecule has 62 valence electrons. The normalized spacial score (nSPS) is 6.23. The predicted molar refractivity (Wildman–Crippen MR) is 29.2 cm³/mol. The van der Waals surface area contributed by atoms with Gasteiger partial charge in [0.05, 0.1) is 0 Å². The molecule has 0 fully saturated rings. The van der Waals surface area contributed by atoms with Gasteiger partial charge in [0.2, 0.25) is 0 Å². The summed E-state index contributed by atoms with van der Waals surface area (Å²) in [6.07, 6.45) is 1.44. The van der Waals surface area contributed by atoms with E-state index >= 15 is 0 Å². The van der Waals surface area contributed by atoms with E-state index in [4.69, 9.17) is 25.3 Å². The molecule has 0 unspecified atom stereocenters. The van der Waals surface area contributed by atoms with Gasteiger partial charge in [-0.25, -0.2) is 0 Å². The van der Waals surface area contributed by atoms with Crippen LogP contribution in [0, 0.1) is 0 Å². The standard InChI is InChI=1S/C4H10O2.BO3.3Na/c5-3-1-2-4-6;2-1(3)4;;;/h5-6H,1-4H2;;;;/q;-3;3*+1. The second kappa shape index (κ2) is 29.4. The molecule has 2 N–H and O–H groups in total. The van der Waals surface area contributed by atoms with E-state index in [2.05, 4.69) is 0 Å². The molecule has 0 spiro atoms. The number of hydrogen-bond acceptors (Lipinski definition) is 5. The SMILES string of the molecule is OCCCCO.[Na+].[Na+].[Na+].[O-]B([O-])[O-]. The first-order valence-electron chi connectivity index (χ1n) is 2.84. The van der Waals surface area contributed by atoms with Gasteiger partial charge in [0.1, 0.15) is 0 Å². The van der Waals surface area contributed by atoms with Crippen LogP contribution in [0.4, 0.5) is 0 Å². The van der Waals surface area contributed by atoms with Crippen molar-refractivity contribution in [2.75, 3.05) is 13.2 Å². The molecule has 0 aromatic rings. The second-order valence-electron chi connectivity index (χ2n) is 1.44. The minimum atomic E-state index is -2.92. The van der Waals surface area contributed by atoms with Crippen LogP contribution >= 0.6 is 0 Å². The number of rotatable bonds is 3. The number of aliphatic hydroxyl groups excluding tert-OH is 2. The Bertz CT molecular complexity index is 54.3. The zero-order chi connectivity index (χ0) is 8.41. The third kappa shape index (κ3) is 71.5. The molecule has 0 atom stereocenters. The summed E-state index contributed by atoms with van der Waals surface area (Å²) in [5.41, 5.74) is 0. The molecule has 0 aromatic carbocycles.